The summed E-state index contributed by atoms with van der Waals surface area (Å²) in [6.07, 6.45) is 0. The fourth-order valence-electron chi connectivity index (χ4n) is 3.27. The Morgan fingerprint density at radius 3 is 2.29 bits per heavy atom. The van der Waals surface area contributed by atoms with E-state index in [9.17, 15) is 9.59 Å². The number of anilines is 1. The molecule has 0 saturated heterocycles. The highest BCUT2D eigenvalue weighted by molar-refractivity contribution is 7.20. The SMILES string of the molecule is CCN(CC)C(=O)c1ccc(NC(=O)c2sc3nc(C)nc(C)c3c2C)cc1. The summed E-state index contributed by atoms with van der Waals surface area (Å²) in [6, 6.07) is 7.00. The lowest BCUT2D eigenvalue weighted by atomic mass is 10.1. The number of carbonyl (C=O) groups excluding carboxylic acids is 2. The zero-order valence-electron chi connectivity index (χ0n) is 16.8. The van der Waals surface area contributed by atoms with Gasteiger partial charge in [-0.3, -0.25) is 9.59 Å². The average molecular weight is 397 g/mol. The zero-order valence-corrected chi connectivity index (χ0v) is 17.6. The van der Waals surface area contributed by atoms with Crippen LogP contribution in [0.1, 0.15) is 51.0 Å². The number of hydrogen-bond acceptors (Lipinski definition) is 5. The lowest BCUT2D eigenvalue weighted by Crippen LogP contribution is -2.30. The number of hydrogen-bond donors (Lipinski definition) is 1. The number of aryl methyl sites for hydroxylation is 3. The van der Waals surface area contributed by atoms with E-state index in [2.05, 4.69) is 15.3 Å². The van der Waals surface area contributed by atoms with E-state index >= 15 is 0 Å². The van der Waals surface area contributed by atoms with Gasteiger partial charge in [-0.05, 0) is 64.4 Å². The van der Waals surface area contributed by atoms with Gasteiger partial charge in [0, 0.05) is 35.4 Å². The van der Waals surface area contributed by atoms with E-state index < -0.39 is 0 Å². The van der Waals surface area contributed by atoms with Gasteiger partial charge in [-0.15, -0.1) is 11.3 Å². The van der Waals surface area contributed by atoms with Crippen LogP contribution in [0, 0.1) is 20.8 Å². The summed E-state index contributed by atoms with van der Waals surface area (Å²) in [7, 11) is 0. The molecule has 0 fully saturated rings. The van der Waals surface area contributed by atoms with E-state index in [4.69, 9.17) is 0 Å². The van der Waals surface area contributed by atoms with Crippen molar-refractivity contribution in [1.29, 1.82) is 0 Å². The lowest BCUT2D eigenvalue weighted by molar-refractivity contribution is 0.0773. The second-order valence-corrected chi connectivity index (χ2v) is 7.60. The van der Waals surface area contributed by atoms with Gasteiger partial charge in [0.2, 0.25) is 0 Å². The van der Waals surface area contributed by atoms with Gasteiger partial charge in [-0.25, -0.2) is 9.97 Å². The van der Waals surface area contributed by atoms with Crippen molar-refractivity contribution in [3.05, 3.63) is 51.8 Å². The van der Waals surface area contributed by atoms with Crippen molar-refractivity contribution in [2.24, 2.45) is 0 Å². The molecule has 6 nitrogen and oxygen atoms in total. The molecule has 0 aliphatic heterocycles. The molecule has 2 aromatic heterocycles. The van der Waals surface area contributed by atoms with Crippen molar-refractivity contribution >= 4 is 39.1 Å². The minimum Gasteiger partial charge on any atom is -0.339 e. The Morgan fingerprint density at radius 2 is 1.68 bits per heavy atom. The van der Waals surface area contributed by atoms with E-state index in [-0.39, 0.29) is 11.8 Å². The van der Waals surface area contributed by atoms with Crippen molar-refractivity contribution in [3.8, 4) is 0 Å². The van der Waals surface area contributed by atoms with Gasteiger partial charge in [0.25, 0.3) is 11.8 Å². The molecule has 0 aliphatic carbocycles. The quantitative estimate of drug-likeness (QED) is 0.696. The van der Waals surface area contributed by atoms with Gasteiger partial charge >= 0.3 is 0 Å². The number of rotatable bonds is 5. The predicted molar refractivity (Wildman–Crippen MR) is 113 cm³/mol. The van der Waals surface area contributed by atoms with Crippen LogP contribution in [0.15, 0.2) is 24.3 Å². The van der Waals surface area contributed by atoms with Gasteiger partial charge < -0.3 is 10.2 Å². The Labute approximate surface area is 168 Å². The van der Waals surface area contributed by atoms with Crippen molar-refractivity contribution < 1.29 is 9.59 Å². The Kier molecular flexibility index (Phi) is 5.74. The number of fused-ring (bicyclic) bond motifs is 1. The molecule has 146 valence electrons. The molecule has 0 saturated carbocycles. The maximum atomic E-state index is 12.8. The summed E-state index contributed by atoms with van der Waals surface area (Å²) in [5.41, 5.74) is 3.04. The van der Waals surface area contributed by atoms with Crippen molar-refractivity contribution in [2.75, 3.05) is 18.4 Å². The second-order valence-electron chi connectivity index (χ2n) is 6.60. The number of nitrogens with zero attached hydrogens (tertiary/aromatic N) is 3. The van der Waals surface area contributed by atoms with E-state index in [1.165, 1.54) is 11.3 Å². The molecule has 1 N–H and O–H groups in total. The van der Waals surface area contributed by atoms with Crippen LogP contribution in [0.2, 0.25) is 0 Å². The molecule has 0 atom stereocenters. The third kappa shape index (κ3) is 3.75. The molecule has 7 heteroatoms. The molecule has 0 aliphatic rings. The van der Waals surface area contributed by atoms with E-state index in [0.717, 1.165) is 21.5 Å². The molecule has 3 aromatic rings. The van der Waals surface area contributed by atoms with Gasteiger partial charge in [0.1, 0.15) is 10.7 Å². The van der Waals surface area contributed by atoms with Gasteiger partial charge in [0.05, 0.1) is 4.88 Å². The van der Waals surface area contributed by atoms with Crippen LogP contribution in [0.25, 0.3) is 10.2 Å². The Balaban J connectivity index is 1.82. The highest BCUT2D eigenvalue weighted by Crippen LogP contribution is 2.31. The number of carbonyl (C=O) groups is 2. The smallest absolute Gasteiger partial charge is 0.266 e. The summed E-state index contributed by atoms with van der Waals surface area (Å²) in [5.74, 6) is 0.514. The van der Waals surface area contributed by atoms with E-state index in [0.29, 0.717) is 35.0 Å². The van der Waals surface area contributed by atoms with Crippen molar-refractivity contribution in [3.63, 3.8) is 0 Å². The van der Waals surface area contributed by atoms with Crippen LogP contribution in [0.4, 0.5) is 5.69 Å². The molecule has 0 unspecified atom stereocenters. The Morgan fingerprint density at radius 1 is 1.04 bits per heavy atom. The highest BCUT2D eigenvalue weighted by Gasteiger charge is 2.19. The van der Waals surface area contributed by atoms with Crippen molar-refractivity contribution in [1.82, 2.24) is 14.9 Å². The standard InChI is InChI=1S/C21H24N4O2S/c1-6-25(7-2)21(27)15-8-10-16(11-9-15)24-19(26)18-12(3)17-13(4)22-14(5)23-20(17)28-18/h8-11H,6-7H2,1-5H3,(H,24,26). The number of nitrogens with one attached hydrogen (secondary N) is 1. The van der Waals surface area contributed by atoms with Crippen LogP contribution in [0.5, 0.6) is 0 Å². The summed E-state index contributed by atoms with van der Waals surface area (Å²) in [6.45, 7) is 11.0. The second kappa shape index (κ2) is 8.06. The lowest BCUT2D eigenvalue weighted by Gasteiger charge is -2.18. The van der Waals surface area contributed by atoms with Crippen molar-refractivity contribution in [2.45, 2.75) is 34.6 Å². The number of benzene rings is 1. The largest absolute Gasteiger partial charge is 0.339 e. The fraction of sp³-hybridized carbons (Fsp3) is 0.333. The summed E-state index contributed by atoms with van der Waals surface area (Å²) in [4.78, 5) is 37.3. The first kappa shape index (κ1) is 19.9. The molecule has 2 heterocycles. The number of aromatic nitrogens is 2. The molecule has 1 aromatic carbocycles. The molecular weight excluding hydrogens is 372 g/mol. The summed E-state index contributed by atoms with van der Waals surface area (Å²) < 4.78 is 0. The highest BCUT2D eigenvalue weighted by atomic mass is 32.1. The maximum Gasteiger partial charge on any atom is 0.266 e. The Hall–Kier alpha value is -2.80. The van der Waals surface area contributed by atoms with Gasteiger partial charge in [-0.2, -0.15) is 0 Å². The van der Waals surface area contributed by atoms with Crippen LogP contribution in [0.3, 0.4) is 0 Å². The molecule has 0 bridgehead atoms. The minimum absolute atomic E-state index is 0.00681. The predicted octanol–water partition coefficient (Wildman–Crippen LogP) is 4.35. The Bertz CT molecular complexity index is 1040. The first-order valence-electron chi connectivity index (χ1n) is 9.30. The van der Waals surface area contributed by atoms with Crippen LogP contribution >= 0.6 is 11.3 Å². The number of thiophene rings is 1. The summed E-state index contributed by atoms with van der Waals surface area (Å²) in [5, 5.41) is 3.86. The average Bonchev–Trinajstić information content (AvgIpc) is 3.00. The molecule has 2 amide bonds. The zero-order chi connectivity index (χ0) is 20.4. The van der Waals surface area contributed by atoms with Crippen LogP contribution in [-0.4, -0.2) is 39.8 Å². The first-order valence-corrected chi connectivity index (χ1v) is 10.1. The molecule has 0 radical (unpaired) electrons. The molecule has 0 spiro atoms. The van der Waals surface area contributed by atoms with Crippen LogP contribution < -0.4 is 5.32 Å². The first-order chi connectivity index (χ1) is 13.3. The van der Waals surface area contributed by atoms with Crippen LogP contribution in [-0.2, 0) is 0 Å². The van der Waals surface area contributed by atoms with Gasteiger partial charge in [-0.1, -0.05) is 0 Å². The molecule has 3 rings (SSSR count). The molecular formula is C21H24N4O2S. The monoisotopic (exact) mass is 396 g/mol. The molecule has 28 heavy (non-hydrogen) atoms. The third-order valence-electron chi connectivity index (χ3n) is 4.73. The minimum atomic E-state index is -0.180. The van der Waals surface area contributed by atoms with E-state index in [1.807, 2.05) is 34.6 Å². The third-order valence-corrected chi connectivity index (χ3v) is 5.91. The van der Waals surface area contributed by atoms with Gasteiger partial charge in [0.15, 0.2) is 0 Å². The number of amides is 2. The topological polar surface area (TPSA) is 75.2 Å². The normalized spacial score (nSPS) is 10.9. The summed E-state index contributed by atoms with van der Waals surface area (Å²) >= 11 is 1.37. The fourth-order valence-corrected chi connectivity index (χ4v) is 4.44. The van der Waals surface area contributed by atoms with E-state index in [1.54, 1.807) is 29.2 Å². The maximum absolute atomic E-state index is 12.8.